The molecule has 4 heteroatoms. The molecule has 0 fully saturated rings. The molecule has 0 radical (unpaired) electrons. The van der Waals surface area contributed by atoms with Crippen molar-refractivity contribution in [3.05, 3.63) is 54.0 Å². The number of hydrogen-bond donors (Lipinski definition) is 0. The predicted octanol–water partition coefficient (Wildman–Crippen LogP) is 3.22. The van der Waals surface area contributed by atoms with Crippen molar-refractivity contribution in [3.8, 4) is 5.75 Å². The zero-order valence-corrected chi connectivity index (χ0v) is 10.4. The lowest BCUT2D eigenvalue weighted by Crippen LogP contribution is -2.29. The Morgan fingerprint density at radius 2 is 2.00 bits per heavy atom. The van der Waals surface area contributed by atoms with Gasteiger partial charge in [0.2, 0.25) is 0 Å². The van der Waals surface area contributed by atoms with Gasteiger partial charge in [0.25, 0.3) is 0 Å². The average Bonchev–Trinajstić information content (AvgIpc) is 2.76. The van der Waals surface area contributed by atoms with Crippen LogP contribution >= 0.6 is 0 Å². The van der Waals surface area contributed by atoms with Crippen LogP contribution in [0.3, 0.4) is 0 Å². The number of rotatable bonds is 3. The minimum absolute atomic E-state index is 0.387. The molecule has 0 spiro atoms. The third kappa shape index (κ3) is 2.91. The maximum atomic E-state index is 11.8. The molecule has 0 unspecified atom stereocenters. The van der Waals surface area contributed by atoms with E-state index >= 15 is 0 Å². The highest BCUT2D eigenvalue weighted by Gasteiger charge is 2.13. The van der Waals surface area contributed by atoms with Gasteiger partial charge >= 0.3 is 6.09 Å². The summed E-state index contributed by atoms with van der Waals surface area (Å²) in [6, 6.07) is 10.9. The maximum absolute atomic E-state index is 11.8. The summed E-state index contributed by atoms with van der Waals surface area (Å²) in [5, 5.41) is 0. The first-order valence-electron chi connectivity index (χ1n) is 5.68. The van der Waals surface area contributed by atoms with Gasteiger partial charge in [-0.05, 0) is 25.1 Å². The molecule has 0 saturated carbocycles. The van der Waals surface area contributed by atoms with Crippen molar-refractivity contribution >= 4 is 6.09 Å². The summed E-state index contributed by atoms with van der Waals surface area (Å²) in [4.78, 5) is 13.3. The first-order valence-corrected chi connectivity index (χ1v) is 5.68. The topological polar surface area (TPSA) is 42.7 Å². The fraction of sp³-hybridized carbons (Fsp3) is 0.214. The van der Waals surface area contributed by atoms with E-state index in [1.165, 1.54) is 4.90 Å². The summed E-state index contributed by atoms with van der Waals surface area (Å²) >= 11 is 0. The van der Waals surface area contributed by atoms with E-state index in [-0.39, 0.29) is 6.09 Å². The smallest absolute Gasteiger partial charge is 0.415 e. The van der Waals surface area contributed by atoms with Gasteiger partial charge in [-0.15, -0.1) is 0 Å². The molecule has 2 aromatic rings. The van der Waals surface area contributed by atoms with Gasteiger partial charge in [0.1, 0.15) is 11.5 Å². The second kappa shape index (κ2) is 5.40. The third-order valence-electron chi connectivity index (χ3n) is 2.63. The fourth-order valence-corrected chi connectivity index (χ4v) is 1.56. The molecule has 94 valence electrons. The number of nitrogens with zero attached hydrogens (tertiary/aromatic N) is 1. The predicted molar refractivity (Wildman–Crippen MR) is 67.4 cm³/mol. The largest absolute Gasteiger partial charge is 0.469 e. The van der Waals surface area contributed by atoms with E-state index in [0.717, 1.165) is 11.3 Å². The molecule has 2 rings (SSSR count). The van der Waals surface area contributed by atoms with E-state index in [2.05, 4.69) is 0 Å². The van der Waals surface area contributed by atoms with Gasteiger partial charge in [0.15, 0.2) is 0 Å². The van der Waals surface area contributed by atoms with Crippen LogP contribution in [0.15, 0.2) is 47.1 Å². The number of ether oxygens (including phenoxy) is 1. The van der Waals surface area contributed by atoms with Crippen molar-refractivity contribution in [2.75, 3.05) is 7.05 Å². The molecule has 1 amide bonds. The number of carbonyl (C=O) groups is 1. The monoisotopic (exact) mass is 245 g/mol. The number of furan rings is 1. The molecular weight excluding hydrogens is 230 g/mol. The highest BCUT2D eigenvalue weighted by molar-refractivity contribution is 5.70. The molecule has 0 aliphatic carbocycles. The molecular formula is C14H15NO3. The first kappa shape index (κ1) is 12.2. The van der Waals surface area contributed by atoms with Crippen LogP contribution in [0.2, 0.25) is 0 Å². The summed E-state index contributed by atoms with van der Waals surface area (Å²) in [6.07, 6.45) is 1.22. The Kier molecular flexibility index (Phi) is 3.67. The highest BCUT2D eigenvalue weighted by atomic mass is 16.6. The zero-order valence-electron chi connectivity index (χ0n) is 10.4. The Bertz CT molecular complexity index is 519. The summed E-state index contributed by atoms with van der Waals surface area (Å²) < 4.78 is 10.4. The van der Waals surface area contributed by atoms with Gasteiger partial charge in [-0.1, -0.05) is 18.2 Å². The Morgan fingerprint density at radius 3 is 2.61 bits per heavy atom. The molecule has 0 N–H and O–H groups in total. The standard InChI is InChI=1S/C14H15NO3/c1-11-12(8-9-17-11)10-15(2)14(16)18-13-6-4-3-5-7-13/h3-9H,10H2,1-2H3. The molecule has 1 heterocycles. The van der Waals surface area contributed by atoms with Crippen molar-refractivity contribution < 1.29 is 13.9 Å². The van der Waals surface area contributed by atoms with E-state index in [0.29, 0.717) is 12.3 Å². The van der Waals surface area contributed by atoms with Gasteiger partial charge in [-0.3, -0.25) is 0 Å². The van der Waals surface area contributed by atoms with Crippen LogP contribution in [0, 0.1) is 6.92 Å². The summed E-state index contributed by atoms with van der Waals surface area (Å²) in [5.41, 5.74) is 0.975. The second-order valence-corrected chi connectivity index (χ2v) is 4.04. The van der Waals surface area contributed by atoms with Crippen molar-refractivity contribution in [2.45, 2.75) is 13.5 Å². The minimum atomic E-state index is -0.387. The van der Waals surface area contributed by atoms with Gasteiger partial charge in [-0.25, -0.2) is 4.79 Å². The first-order chi connectivity index (χ1) is 8.66. The van der Waals surface area contributed by atoms with Crippen LogP contribution in [0.4, 0.5) is 4.79 Å². The lowest BCUT2D eigenvalue weighted by atomic mass is 10.2. The summed E-state index contributed by atoms with van der Waals surface area (Å²) in [7, 11) is 1.69. The van der Waals surface area contributed by atoms with Crippen LogP contribution in [0.1, 0.15) is 11.3 Å². The molecule has 0 saturated heterocycles. The molecule has 0 aliphatic heterocycles. The van der Waals surface area contributed by atoms with Crippen LogP contribution in [0.5, 0.6) is 5.75 Å². The lowest BCUT2D eigenvalue weighted by Gasteiger charge is -2.16. The Hall–Kier alpha value is -2.23. The van der Waals surface area contributed by atoms with E-state index in [1.54, 1.807) is 25.4 Å². The van der Waals surface area contributed by atoms with Crippen LogP contribution < -0.4 is 4.74 Å². The Balaban J connectivity index is 1.95. The second-order valence-electron chi connectivity index (χ2n) is 4.04. The van der Waals surface area contributed by atoms with Crippen molar-refractivity contribution in [1.29, 1.82) is 0 Å². The number of carbonyl (C=O) groups excluding carboxylic acids is 1. The number of hydrogen-bond acceptors (Lipinski definition) is 3. The lowest BCUT2D eigenvalue weighted by molar-refractivity contribution is 0.160. The van der Waals surface area contributed by atoms with E-state index in [1.807, 2.05) is 31.2 Å². The van der Waals surface area contributed by atoms with Gasteiger partial charge in [0.05, 0.1) is 12.8 Å². The van der Waals surface area contributed by atoms with Crippen molar-refractivity contribution in [3.63, 3.8) is 0 Å². The highest BCUT2D eigenvalue weighted by Crippen LogP contribution is 2.13. The van der Waals surface area contributed by atoms with Crippen LogP contribution in [0.25, 0.3) is 0 Å². The summed E-state index contributed by atoms with van der Waals surface area (Å²) in [6.45, 7) is 2.33. The number of amides is 1. The maximum Gasteiger partial charge on any atom is 0.415 e. The van der Waals surface area contributed by atoms with Crippen LogP contribution in [-0.4, -0.2) is 18.0 Å². The third-order valence-corrected chi connectivity index (χ3v) is 2.63. The molecule has 1 aromatic carbocycles. The zero-order chi connectivity index (χ0) is 13.0. The number of para-hydroxylation sites is 1. The normalized spacial score (nSPS) is 10.1. The van der Waals surface area contributed by atoms with E-state index in [4.69, 9.17) is 9.15 Å². The molecule has 18 heavy (non-hydrogen) atoms. The SMILES string of the molecule is Cc1occc1CN(C)C(=O)Oc1ccccc1. The van der Waals surface area contributed by atoms with Gasteiger partial charge in [0, 0.05) is 12.6 Å². The van der Waals surface area contributed by atoms with Crippen molar-refractivity contribution in [1.82, 2.24) is 4.90 Å². The van der Waals surface area contributed by atoms with E-state index < -0.39 is 0 Å². The molecule has 1 aromatic heterocycles. The minimum Gasteiger partial charge on any atom is -0.469 e. The average molecular weight is 245 g/mol. The molecule has 0 aliphatic rings. The fourth-order valence-electron chi connectivity index (χ4n) is 1.56. The quantitative estimate of drug-likeness (QED) is 0.833. The van der Waals surface area contributed by atoms with Crippen LogP contribution in [-0.2, 0) is 6.54 Å². The Labute approximate surface area is 106 Å². The van der Waals surface area contributed by atoms with Gasteiger partial charge < -0.3 is 14.1 Å². The molecule has 4 nitrogen and oxygen atoms in total. The molecule has 0 bridgehead atoms. The number of benzene rings is 1. The van der Waals surface area contributed by atoms with Crippen molar-refractivity contribution in [2.24, 2.45) is 0 Å². The molecule has 0 atom stereocenters. The number of aryl methyl sites for hydroxylation is 1. The Morgan fingerprint density at radius 1 is 1.28 bits per heavy atom. The summed E-state index contributed by atoms with van der Waals surface area (Å²) in [5.74, 6) is 1.35. The van der Waals surface area contributed by atoms with Gasteiger partial charge in [-0.2, -0.15) is 0 Å². The van der Waals surface area contributed by atoms with E-state index in [9.17, 15) is 4.79 Å².